The zero-order chi connectivity index (χ0) is 14.8. The van der Waals surface area contributed by atoms with E-state index < -0.39 is 0 Å². The Morgan fingerprint density at radius 1 is 1.14 bits per heavy atom. The van der Waals surface area contributed by atoms with Gasteiger partial charge in [0.15, 0.2) is 0 Å². The van der Waals surface area contributed by atoms with E-state index in [0.29, 0.717) is 0 Å². The molecule has 0 saturated carbocycles. The summed E-state index contributed by atoms with van der Waals surface area (Å²) >= 11 is 0. The summed E-state index contributed by atoms with van der Waals surface area (Å²) in [5, 5.41) is 4.63. The maximum atomic E-state index is 4.39. The Kier molecular flexibility index (Phi) is 3.20. The Morgan fingerprint density at radius 3 is 2.95 bits per heavy atom. The van der Waals surface area contributed by atoms with Gasteiger partial charge in [0.1, 0.15) is 0 Å². The van der Waals surface area contributed by atoms with Crippen LogP contribution in [0.1, 0.15) is 5.69 Å². The molecule has 3 heterocycles. The first-order chi connectivity index (χ1) is 10.9. The zero-order valence-electron chi connectivity index (χ0n) is 12.1. The molecule has 1 aliphatic rings. The molecule has 1 N–H and O–H groups in total. The Bertz CT molecular complexity index is 859. The fourth-order valence-electron chi connectivity index (χ4n) is 2.69. The predicted molar refractivity (Wildman–Crippen MR) is 90.3 cm³/mol. The minimum Gasteiger partial charge on any atom is -0.357 e. The lowest BCUT2D eigenvalue weighted by atomic mass is 10.2. The number of anilines is 1. The van der Waals surface area contributed by atoms with Crippen LogP contribution in [0.3, 0.4) is 0 Å². The third-order valence-electron chi connectivity index (χ3n) is 3.78. The fraction of sp³-hybridized carbons (Fsp3) is 0.111. The third-order valence-corrected chi connectivity index (χ3v) is 3.78. The number of pyridine rings is 1. The topological polar surface area (TPSA) is 42.2 Å². The fourth-order valence-corrected chi connectivity index (χ4v) is 2.69. The highest BCUT2D eigenvalue weighted by Gasteiger charge is 2.05. The van der Waals surface area contributed by atoms with Crippen molar-refractivity contribution >= 4 is 22.8 Å². The maximum absolute atomic E-state index is 4.39. The minimum absolute atomic E-state index is 0.735. The number of fused-ring (bicyclic) bond motifs is 1. The first kappa shape index (κ1) is 12.8. The van der Waals surface area contributed by atoms with Crippen LogP contribution in [0.15, 0.2) is 71.6 Å². The molecule has 3 aromatic rings. The van der Waals surface area contributed by atoms with Crippen LogP contribution in [0, 0.1) is 0 Å². The molecule has 1 aromatic carbocycles. The van der Waals surface area contributed by atoms with Crippen molar-refractivity contribution in [1.29, 1.82) is 0 Å². The number of hydrogen-bond acceptors (Lipinski definition) is 3. The van der Waals surface area contributed by atoms with Crippen molar-refractivity contribution in [2.24, 2.45) is 4.99 Å². The van der Waals surface area contributed by atoms with Gasteiger partial charge in [0.2, 0.25) is 0 Å². The van der Waals surface area contributed by atoms with Crippen LogP contribution in [0.25, 0.3) is 10.9 Å². The van der Waals surface area contributed by atoms with Crippen LogP contribution in [0.4, 0.5) is 5.69 Å². The van der Waals surface area contributed by atoms with Gasteiger partial charge in [-0.1, -0.05) is 6.07 Å². The molecule has 0 bridgehead atoms. The molecule has 0 atom stereocenters. The highest BCUT2D eigenvalue weighted by atomic mass is 15.0. The van der Waals surface area contributed by atoms with Crippen molar-refractivity contribution in [2.75, 3.05) is 11.9 Å². The number of rotatable bonds is 4. The molecule has 4 nitrogen and oxygen atoms in total. The molecule has 0 amide bonds. The van der Waals surface area contributed by atoms with Gasteiger partial charge in [-0.3, -0.25) is 9.98 Å². The van der Waals surface area contributed by atoms with Crippen molar-refractivity contribution in [1.82, 2.24) is 9.55 Å². The van der Waals surface area contributed by atoms with Crippen molar-refractivity contribution < 1.29 is 0 Å². The summed E-state index contributed by atoms with van der Waals surface area (Å²) in [7, 11) is 0. The number of aliphatic imine (C=N–C) groups is 1. The van der Waals surface area contributed by atoms with Crippen LogP contribution in [-0.2, 0) is 6.54 Å². The predicted octanol–water partition coefficient (Wildman–Crippen LogP) is 3.46. The maximum Gasteiger partial charge on any atom is 0.0790 e. The van der Waals surface area contributed by atoms with E-state index in [0.717, 1.165) is 30.2 Å². The van der Waals surface area contributed by atoms with Gasteiger partial charge in [-0.05, 0) is 42.5 Å². The van der Waals surface area contributed by atoms with Crippen LogP contribution < -0.4 is 5.32 Å². The molecule has 108 valence electrons. The van der Waals surface area contributed by atoms with E-state index in [1.165, 1.54) is 10.9 Å². The van der Waals surface area contributed by atoms with Crippen LogP contribution in [0.5, 0.6) is 0 Å². The van der Waals surface area contributed by atoms with Crippen LogP contribution in [-0.4, -0.2) is 22.3 Å². The van der Waals surface area contributed by atoms with Gasteiger partial charge in [-0.15, -0.1) is 0 Å². The van der Waals surface area contributed by atoms with E-state index in [2.05, 4.69) is 50.3 Å². The average molecular weight is 288 g/mol. The summed E-state index contributed by atoms with van der Waals surface area (Å²) in [6, 6.07) is 14.6. The molecule has 4 heteroatoms. The molecular formula is C18H16N4. The average Bonchev–Trinajstić information content (AvgIpc) is 3.19. The van der Waals surface area contributed by atoms with E-state index in [9.17, 15) is 0 Å². The molecule has 0 aliphatic carbocycles. The summed E-state index contributed by atoms with van der Waals surface area (Å²) in [6.45, 7) is 1.52. The minimum atomic E-state index is 0.735. The summed E-state index contributed by atoms with van der Waals surface area (Å²) in [6.07, 6.45) is 7.79. The van der Waals surface area contributed by atoms with Gasteiger partial charge in [-0.25, -0.2) is 0 Å². The number of allylic oxidation sites excluding steroid dienone is 1. The highest BCUT2D eigenvalue weighted by Crippen LogP contribution is 2.22. The van der Waals surface area contributed by atoms with Gasteiger partial charge in [0.25, 0.3) is 0 Å². The number of nitrogens with one attached hydrogen (secondary N) is 1. The lowest BCUT2D eigenvalue weighted by Gasteiger charge is -2.08. The standard InChI is InChI=1S/C18H16N4/c1-2-8-20-17(3-1)13-22-10-7-14-11-15(4-5-18(14)22)21-16-6-9-19-12-16/h1-11,21H,12-13H2. The molecule has 0 fully saturated rings. The summed E-state index contributed by atoms with van der Waals surface area (Å²) < 4.78 is 2.22. The molecular weight excluding hydrogens is 272 g/mol. The van der Waals surface area contributed by atoms with Gasteiger partial charge < -0.3 is 9.88 Å². The van der Waals surface area contributed by atoms with E-state index in [-0.39, 0.29) is 0 Å². The lowest BCUT2D eigenvalue weighted by molar-refractivity contribution is 0.807. The van der Waals surface area contributed by atoms with E-state index in [4.69, 9.17) is 0 Å². The Balaban J connectivity index is 1.60. The highest BCUT2D eigenvalue weighted by molar-refractivity contribution is 5.85. The van der Waals surface area contributed by atoms with Gasteiger partial charge >= 0.3 is 0 Å². The second kappa shape index (κ2) is 5.48. The summed E-state index contributed by atoms with van der Waals surface area (Å²) in [5.41, 5.74) is 4.51. The largest absolute Gasteiger partial charge is 0.357 e. The Hall–Kier alpha value is -2.88. The summed E-state index contributed by atoms with van der Waals surface area (Å²) in [5.74, 6) is 0. The number of nitrogens with zero attached hydrogens (tertiary/aromatic N) is 3. The molecule has 2 aromatic heterocycles. The smallest absolute Gasteiger partial charge is 0.0790 e. The molecule has 0 spiro atoms. The van der Waals surface area contributed by atoms with Gasteiger partial charge in [0.05, 0.1) is 18.8 Å². The summed E-state index contributed by atoms with van der Waals surface area (Å²) in [4.78, 5) is 8.57. The number of aromatic nitrogens is 2. The number of benzene rings is 1. The van der Waals surface area contributed by atoms with Gasteiger partial charge in [-0.2, -0.15) is 0 Å². The first-order valence-electron chi connectivity index (χ1n) is 7.33. The molecule has 1 aliphatic heterocycles. The van der Waals surface area contributed by atoms with Crippen molar-refractivity contribution in [2.45, 2.75) is 6.54 Å². The SMILES string of the molecule is C1=NCC(Nc2ccc3c(ccn3Cc3ccccn3)c2)=C1. The normalized spacial score (nSPS) is 13.5. The molecule has 0 saturated heterocycles. The van der Waals surface area contributed by atoms with Crippen LogP contribution >= 0.6 is 0 Å². The van der Waals surface area contributed by atoms with Crippen LogP contribution in [0.2, 0.25) is 0 Å². The zero-order valence-corrected chi connectivity index (χ0v) is 12.1. The number of hydrogen-bond donors (Lipinski definition) is 1. The second-order valence-electron chi connectivity index (χ2n) is 5.34. The first-order valence-corrected chi connectivity index (χ1v) is 7.33. The van der Waals surface area contributed by atoms with Crippen molar-refractivity contribution in [3.63, 3.8) is 0 Å². The van der Waals surface area contributed by atoms with Crippen molar-refractivity contribution in [3.8, 4) is 0 Å². The Morgan fingerprint density at radius 2 is 2.14 bits per heavy atom. The second-order valence-corrected chi connectivity index (χ2v) is 5.34. The quantitative estimate of drug-likeness (QED) is 0.799. The molecule has 0 unspecified atom stereocenters. The van der Waals surface area contributed by atoms with Gasteiger partial charge in [0, 0.05) is 40.9 Å². The molecule has 4 rings (SSSR count). The molecule has 22 heavy (non-hydrogen) atoms. The van der Waals surface area contributed by atoms with E-state index in [1.807, 2.05) is 36.7 Å². The van der Waals surface area contributed by atoms with Crippen molar-refractivity contribution in [3.05, 3.63) is 72.3 Å². The third kappa shape index (κ3) is 2.51. The Labute approximate surface area is 128 Å². The van der Waals surface area contributed by atoms with E-state index in [1.54, 1.807) is 0 Å². The van der Waals surface area contributed by atoms with E-state index >= 15 is 0 Å². The lowest BCUT2D eigenvalue weighted by Crippen LogP contribution is -2.01. The monoisotopic (exact) mass is 288 g/mol. The molecule has 0 radical (unpaired) electrons.